The van der Waals surface area contributed by atoms with Crippen molar-refractivity contribution in [3.63, 3.8) is 0 Å². The molecular formula is C14H19NO3. The SMILES string of the molecule is CCOc1ccc(C(=O)NCC2CC2)cc1OC. The third-order valence-corrected chi connectivity index (χ3v) is 2.97. The summed E-state index contributed by atoms with van der Waals surface area (Å²) >= 11 is 0. The van der Waals surface area contributed by atoms with Crippen LogP contribution in [0, 0.1) is 5.92 Å². The Morgan fingerprint density at radius 1 is 1.39 bits per heavy atom. The van der Waals surface area contributed by atoms with Gasteiger partial charge in [0.15, 0.2) is 11.5 Å². The van der Waals surface area contributed by atoms with Crippen molar-refractivity contribution in [3.05, 3.63) is 23.8 Å². The van der Waals surface area contributed by atoms with Gasteiger partial charge in [0.25, 0.3) is 5.91 Å². The topological polar surface area (TPSA) is 47.6 Å². The third kappa shape index (κ3) is 3.15. The van der Waals surface area contributed by atoms with Crippen molar-refractivity contribution >= 4 is 5.91 Å². The minimum absolute atomic E-state index is 0.0525. The van der Waals surface area contributed by atoms with Crippen molar-refractivity contribution in [2.24, 2.45) is 5.92 Å². The summed E-state index contributed by atoms with van der Waals surface area (Å²) in [7, 11) is 1.57. The number of hydrogen-bond donors (Lipinski definition) is 1. The maximum Gasteiger partial charge on any atom is 0.251 e. The Kier molecular flexibility index (Phi) is 4.07. The molecule has 0 aliphatic heterocycles. The molecule has 1 aromatic carbocycles. The van der Waals surface area contributed by atoms with E-state index in [4.69, 9.17) is 9.47 Å². The molecule has 1 amide bonds. The molecule has 1 fully saturated rings. The number of ether oxygens (including phenoxy) is 2. The van der Waals surface area contributed by atoms with E-state index >= 15 is 0 Å². The minimum Gasteiger partial charge on any atom is -0.493 e. The van der Waals surface area contributed by atoms with Crippen LogP contribution in [0.25, 0.3) is 0 Å². The number of hydrogen-bond acceptors (Lipinski definition) is 3. The molecule has 98 valence electrons. The molecule has 0 heterocycles. The molecule has 18 heavy (non-hydrogen) atoms. The van der Waals surface area contributed by atoms with Crippen molar-refractivity contribution in [1.82, 2.24) is 5.32 Å². The smallest absolute Gasteiger partial charge is 0.251 e. The molecule has 0 spiro atoms. The van der Waals surface area contributed by atoms with Gasteiger partial charge in [0.1, 0.15) is 0 Å². The highest BCUT2D eigenvalue weighted by Crippen LogP contribution is 2.29. The quantitative estimate of drug-likeness (QED) is 0.841. The second-order valence-electron chi connectivity index (χ2n) is 4.45. The summed E-state index contributed by atoms with van der Waals surface area (Å²) in [5.74, 6) is 1.89. The highest BCUT2D eigenvalue weighted by molar-refractivity contribution is 5.94. The molecular weight excluding hydrogens is 230 g/mol. The summed E-state index contributed by atoms with van der Waals surface area (Å²) in [4.78, 5) is 11.9. The van der Waals surface area contributed by atoms with Gasteiger partial charge in [-0.15, -0.1) is 0 Å². The maximum atomic E-state index is 11.9. The predicted molar refractivity (Wildman–Crippen MR) is 69.2 cm³/mol. The van der Waals surface area contributed by atoms with Crippen LogP contribution in [0.3, 0.4) is 0 Å². The number of amides is 1. The number of carbonyl (C=O) groups excluding carboxylic acids is 1. The first-order valence-electron chi connectivity index (χ1n) is 6.33. The average Bonchev–Trinajstić information content (AvgIpc) is 3.21. The van der Waals surface area contributed by atoms with Crippen LogP contribution in [0.2, 0.25) is 0 Å². The summed E-state index contributed by atoms with van der Waals surface area (Å²) in [5, 5.41) is 2.93. The maximum absolute atomic E-state index is 11.9. The van der Waals surface area contributed by atoms with E-state index in [1.54, 1.807) is 25.3 Å². The first-order valence-corrected chi connectivity index (χ1v) is 6.33. The van der Waals surface area contributed by atoms with Crippen molar-refractivity contribution in [2.75, 3.05) is 20.3 Å². The lowest BCUT2D eigenvalue weighted by molar-refractivity contribution is 0.0951. The Hall–Kier alpha value is -1.71. The van der Waals surface area contributed by atoms with Crippen LogP contribution in [-0.2, 0) is 0 Å². The van der Waals surface area contributed by atoms with Crippen LogP contribution in [0.5, 0.6) is 11.5 Å². The van der Waals surface area contributed by atoms with E-state index in [-0.39, 0.29) is 5.91 Å². The van der Waals surface area contributed by atoms with Gasteiger partial charge in [-0.1, -0.05) is 0 Å². The second kappa shape index (κ2) is 5.76. The van der Waals surface area contributed by atoms with E-state index < -0.39 is 0 Å². The van der Waals surface area contributed by atoms with Crippen LogP contribution in [0.1, 0.15) is 30.1 Å². The lowest BCUT2D eigenvalue weighted by atomic mass is 10.2. The van der Waals surface area contributed by atoms with Gasteiger partial charge < -0.3 is 14.8 Å². The summed E-state index contributed by atoms with van der Waals surface area (Å²) in [6, 6.07) is 5.25. The lowest BCUT2D eigenvalue weighted by Crippen LogP contribution is -2.25. The van der Waals surface area contributed by atoms with Crippen molar-refractivity contribution in [2.45, 2.75) is 19.8 Å². The van der Waals surface area contributed by atoms with Crippen molar-refractivity contribution in [1.29, 1.82) is 0 Å². The van der Waals surface area contributed by atoms with Gasteiger partial charge in [0, 0.05) is 12.1 Å². The van der Waals surface area contributed by atoms with Gasteiger partial charge in [0.05, 0.1) is 13.7 Å². The first kappa shape index (κ1) is 12.7. The fraction of sp³-hybridized carbons (Fsp3) is 0.500. The second-order valence-corrected chi connectivity index (χ2v) is 4.45. The molecule has 4 nitrogen and oxygen atoms in total. The molecule has 1 aromatic rings. The standard InChI is InChI=1S/C14H19NO3/c1-3-18-12-7-6-11(8-13(12)17-2)14(16)15-9-10-4-5-10/h6-8,10H,3-5,9H2,1-2H3,(H,15,16). The molecule has 2 rings (SSSR count). The normalized spacial score (nSPS) is 14.1. The van der Waals surface area contributed by atoms with E-state index in [0.29, 0.717) is 29.6 Å². The van der Waals surface area contributed by atoms with E-state index in [0.717, 1.165) is 6.54 Å². The first-order chi connectivity index (χ1) is 8.74. The molecule has 0 radical (unpaired) electrons. The van der Waals surface area contributed by atoms with Crippen LogP contribution >= 0.6 is 0 Å². The zero-order chi connectivity index (χ0) is 13.0. The predicted octanol–water partition coefficient (Wildman–Crippen LogP) is 2.23. The van der Waals surface area contributed by atoms with E-state index in [2.05, 4.69) is 5.32 Å². The van der Waals surface area contributed by atoms with Crippen molar-refractivity contribution in [3.8, 4) is 11.5 Å². The fourth-order valence-electron chi connectivity index (χ4n) is 1.74. The van der Waals surface area contributed by atoms with Gasteiger partial charge in [-0.2, -0.15) is 0 Å². The fourth-order valence-corrected chi connectivity index (χ4v) is 1.74. The van der Waals surface area contributed by atoms with Crippen LogP contribution in [0.4, 0.5) is 0 Å². The average molecular weight is 249 g/mol. The van der Waals surface area contributed by atoms with Gasteiger partial charge in [-0.25, -0.2) is 0 Å². The molecule has 0 aromatic heterocycles. The van der Waals surface area contributed by atoms with Crippen LogP contribution in [0.15, 0.2) is 18.2 Å². The van der Waals surface area contributed by atoms with E-state index in [1.807, 2.05) is 6.92 Å². The highest BCUT2D eigenvalue weighted by Gasteiger charge is 2.22. The van der Waals surface area contributed by atoms with E-state index in [1.165, 1.54) is 12.8 Å². The number of benzene rings is 1. The monoisotopic (exact) mass is 249 g/mol. The Morgan fingerprint density at radius 2 is 2.17 bits per heavy atom. The summed E-state index contributed by atoms with van der Waals surface area (Å²) in [5.41, 5.74) is 0.607. The Balaban J connectivity index is 2.04. The van der Waals surface area contributed by atoms with Gasteiger partial charge in [-0.05, 0) is 43.9 Å². The Bertz CT molecular complexity index is 427. The zero-order valence-corrected chi connectivity index (χ0v) is 10.9. The molecule has 1 aliphatic carbocycles. The molecule has 0 bridgehead atoms. The Labute approximate surface area is 107 Å². The summed E-state index contributed by atoms with van der Waals surface area (Å²) in [6.45, 7) is 3.26. The zero-order valence-electron chi connectivity index (χ0n) is 10.9. The van der Waals surface area contributed by atoms with Gasteiger partial charge in [-0.3, -0.25) is 4.79 Å². The molecule has 4 heteroatoms. The van der Waals surface area contributed by atoms with Crippen molar-refractivity contribution < 1.29 is 14.3 Å². The highest BCUT2D eigenvalue weighted by atomic mass is 16.5. The summed E-state index contributed by atoms with van der Waals surface area (Å²) < 4.78 is 10.6. The van der Waals surface area contributed by atoms with Crippen LogP contribution in [-0.4, -0.2) is 26.2 Å². The molecule has 0 saturated heterocycles. The molecule has 1 N–H and O–H groups in total. The molecule has 0 unspecified atom stereocenters. The lowest BCUT2D eigenvalue weighted by Gasteiger charge is -2.11. The molecule has 0 atom stereocenters. The molecule has 1 saturated carbocycles. The van der Waals surface area contributed by atoms with E-state index in [9.17, 15) is 4.79 Å². The summed E-state index contributed by atoms with van der Waals surface area (Å²) in [6.07, 6.45) is 2.46. The van der Waals surface area contributed by atoms with Gasteiger partial charge in [0.2, 0.25) is 0 Å². The molecule has 1 aliphatic rings. The number of carbonyl (C=O) groups is 1. The van der Waals surface area contributed by atoms with Gasteiger partial charge >= 0.3 is 0 Å². The number of methoxy groups -OCH3 is 1. The number of rotatable bonds is 6. The largest absolute Gasteiger partial charge is 0.493 e. The third-order valence-electron chi connectivity index (χ3n) is 2.97. The minimum atomic E-state index is -0.0525. The van der Waals surface area contributed by atoms with Crippen LogP contribution < -0.4 is 14.8 Å². The Morgan fingerprint density at radius 3 is 2.78 bits per heavy atom. The number of nitrogens with one attached hydrogen (secondary N) is 1.